The average Bonchev–Trinajstić information content (AvgIpc) is 1.85. The van der Waals surface area contributed by atoms with Gasteiger partial charge in [-0.3, -0.25) is 0 Å². The van der Waals surface area contributed by atoms with Crippen LogP contribution in [0.25, 0.3) is 0 Å². The third-order valence-electron chi connectivity index (χ3n) is 1.42. The highest BCUT2D eigenvalue weighted by atomic mass is 15.5. The lowest BCUT2D eigenvalue weighted by atomic mass is 10.3. The van der Waals surface area contributed by atoms with E-state index in [9.17, 15) is 0 Å². The average molecular weight is 112 g/mol. The molecule has 1 aliphatic rings. The molecule has 0 fully saturated rings. The second-order valence-electron chi connectivity index (χ2n) is 2.28. The Balaban J connectivity index is 2.59. The molecule has 0 saturated carbocycles. The lowest BCUT2D eigenvalue weighted by molar-refractivity contribution is 0.316. The van der Waals surface area contributed by atoms with Crippen molar-refractivity contribution in [2.45, 2.75) is 19.9 Å². The first-order chi connectivity index (χ1) is 3.70. The number of hydrogen-bond acceptors (Lipinski definition) is 2. The first-order valence-corrected chi connectivity index (χ1v) is 2.88. The first-order valence-electron chi connectivity index (χ1n) is 2.88. The van der Waals surface area contributed by atoms with Crippen LogP contribution in [0.3, 0.4) is 0 Å². The van der Waals surface area contributed by atoms with Gasteiger partial charge in [0.2, 0.25) is 0 Å². The van der Waals surface area contributed by atoms with Gasteiger partial charge in [-0.2, -0.15) is 0 Å². The maximum Gasteiger partial charge on any atom is 0.0434 e. The molecule has 1 heterocycles. The summed E-state index contributed by atoms with van der Waals surface area (Å²) in [5.41, 5.74) is 4.51. The molecule has 0 saturated heterocycles. The number of nitrogens with zero attached hydrogens (tertiary/aromatic N) is 1. The third-order valence-corrected chi connectivity index (χ3v) is 1.42. The van der Waals surface area contributed by atoms with Gasteiger partial charge < -0.3 is 5.01 Å². The summed E-state index contributed by atoms with van der Waals surface area (Å²) in [4.78, 5) is 0. The van der Waals surface area contributed by atoms with Gasteiger partial charge in [0.05, 0.1) is 0 Å². The maximum atomic E-state index is 3.21. The Labute approximate surface area is 50.1 Å². The van der Waals surface area contributed by atoms with E-state index in [2.05, 4.69) is 25.3 Å². The molecule has 1 unspecified atom stereocenters. The number of hydrogen-bond donors (Lipinski definition) is 1. The molecule has 0 aromatic carbocycles. The zero-order valence-electron chi connectivity index (χ0n) is 5.60. The summed E-state index contributed by atoms with van der Waals surface area (Å²) >= 11 is 0. The predicted octanol–water partition coefficient (Wildman–Crippen LogP) is 0.729. The number of hydrazine groups is 1. The van der Waals surface area contributed by atoms with E-state index in [1.807, 2.05) is 12.1 Å². The van der Waals surface area contributed by atoms with Crippen LogP contribution in [0.4, 0.5) is 0 Å². The van der Waals surface area contributed by atoms with E-state index in [1.165, 1.54) is 5.70 Å². The molecule has 2 nitrogen and oxygen atoms in total. The minimum atomic E-state index is 0.514. The Morgan fingerprint density at radius 1 is 1.75 bits per heavy atom. The Hall–Kier alpha value is -0.500. The highest BCUT2D eigenvalue weighted by Crippen LogP contribution is 2.06. The van der Waals surface area contributed by atoms with E-state index in [4.69, 9.17) is 0 Å². The van der Waals surface area contributed by atoms with E-state index in [0.29, 0.717) is 6.04 Å². The van der Waals surface area contributed by atoms with Crippen LogP contribution in [0, 0.1) is 0 Å². The van der Waals surface area contributed by atoms with Gasteiger partial charge in [-0.1, -0.05) is 0 Å². The zero-order valence-corrected chi connectivity index (χ0v) is 5.60. The van der Waals surface area contributed by atoms with Crippen molar-refractivity contribution in [2.75, 3.05) is 7.05 Å². The van der Waals surface area contributed by atoms with Gasteiger partial charge in [-0.25, -0.2) is 5.43 Å². The molecule has 2 heteroatoms. The maximum absolute atomic E-state index is 3.21. The summed E-state index contributed by atoms with van der Waals surface area (Å²) in [5.74, 6) is 0. The van der Waals surface area contributed by atoms with Gasteiger partial charge >= 0.3 is 0 Å². The van der Waals surface area contributed by atoms with E-state index in [-0.39, 0.29) is 0 Å². The van der Waals surface area contributed by atoms with Crippen LogP contribution in [0.2, 0.25) is 0 Å². The summed E-state index contributed by atoms with van der Waals surface area (Å²) in [5, 5.41) is 2.03. The summed E-state index contributed by atoms with van der Waals surface area (Å²) < 4.78 is 0. The van der Waals surface area contributed by atoms with Crippen molar-refractivity contribution in [3.8, 4) is 0 Å². The molecule has 8 heavy (non-hydrogen) atoms. The molecule has 0 spiro atoms. The summed E-state index contributed by atoms with van der Waals surface area (Å²) in [6, 6.07) is 0.514. The monoisotopic (exact) mass is 112 g/mol. The van der Waals surface area contributed by atoms with Crippen molar-refractivity contribution in [1.82, 2.24) is 10.4 Å². The van der Waals surface area contributed by atoms with Crippen LogP contribution >= 0.6 is 0 Å². The van der Waals surface area contributed by atoms with Crippen LogP contribution in [0.1, 0.15) is 13.8 Å². The number of rotatable bonds is 0. The molecule has 0 aliphatic carbocycles. The van der Waals surface area contributed by atoms with Crippen molar-refractivity contribution in [2.24, 2.45) is 0 Å². The second kappa shape index (κ2) is 1.78. The Kier molecular flexibility index (Phi) is 1.26. The minimum Gasteiger partial charge on any atom is -0.316 e. The Morgan fingerprint density at radius 3 is 2.50 bits per heavy atom. The van der Waals surface area contributed by atoms with Gasteiger partial charge in [0.15, 0.2) is 0 Å². The lowest BCUT2D eigenvalue weighted by Crippen LogP contribution is -2.31. The fourth-order valence-corrected chi connectivity index (χ4v) is 0.918. The van der Waals surface area contributed by atoms with Gasteiger partial charge in [0.25, 0.3) is 0 Å². The third kappa shape index (κ3) is 0.842. The van der Waals surface area contributed by atoms with Gasteiger partial charge in [0.1, 0.15) is 0 Å². The van der Waals surface area contributed by atoms with E-state index >= 15 is 0 Å². The SMILES string of the molecule is CC1=CC(C)NN1C. The van der Waals surface area contributed by atoms with Crippen molar-refractivity contribution in [3.05, 3.63) is 11.8 Å². The Morgan fingerprint density at radius 2 is 2.38 bits per heavy atom. The fourth-order valence-electron chi connectivity index (χ4n) is 0.918. The topological polar surface area (TPSA) is 15.3 Å². The van der Waals surface area contributed by atoms with Crippen LogP contribution in [-0.2, 0) is 0 Å². The molecular weight excluding hydrogens is 100 g/mol. The molecule has 1 atom stereocenters. The van der Waals surface area contributed by atoms with E-state index < -0.39 is 0 Å². The lowest BCUT2D eigenvalue weighted by Gasteiger charge is -2.13. The van der Waals surface area contributed by atoms with Crippen molar-refractivity contribution < 1.29 is 0 Å². The highest BCUT2D eigenvalue weighted by Gasteiger charge is 2.10. The van der Waals surface area contributed by atoms with Gasteiger partial charge in [-0.05, 0) is 19.9 Å². The molecule has 1 N–H and O–H groups in total. The second-order valence-corrected chi connectivity index (χ2v) is 2.28. The molecule has 0 aromatic heterocycles. The van der Waals surface area contributed by atoms with Gasteiger partial charge in [0, 0.05) is 18.8 Å². The molecule has 1 rings (SSSR count). The highest BCUT2D eigenvalue weighted by molar-refractivity contribution is 5.06. The van der Waals surface area contributed by atoms with Crippen molar-refractivity contribution >= 4 is 0 Å². The number of nitrogens with one attached hydrogen (secondary N) is 1. The van der Waals surface area contributed by atoms with Crippen LogP contribution in [0.5, 0.6) is 0 Å². The van der Waals surface area contributed by atoms with Crippen LogP contribution in [-0.4, -0.2) is 18.1 Å². The smallest absolute Gasteiger partial charge is 0.0434 e. The Bertz CT molecular complexity index is 118. The fraction of sp³-hybridized carbons (Fsp3) is 0.667. The molecular formula is C6H12N2. The normalized spacial score (nSPS) is 28.6. The minimum absolute atomic E-state index is 0.514. The van der Waals surface area contributed by atoms with Crippen molar-refractivity contribution in [3.63, 3.8) is 0 Å². The van der Waals surface area contributed by atoms with Crippen LogP contribution in [0.15, 0.2) is 11.8 Å². The number of allylic oxidation sites excluding steroid dienone is 1. The summed E-state index contributed by atoms with van der Waals surface area (Å²) in [7, 11) is 2.02. The first kappa shape index (κ1) is 5.63. The largest absolute Gasteiger partial charge is 0.316 e. The molecule has 0 amide bonds. The molecule has 46 valence electrons. The molecule has 1 aliphatic heterocycles. The molecule has 0 radical (unpaired) electrons. The van der Waals surface area contributed by atoms with Crippen LogP contribution < -0.4 is 5.43 Å². The van der Waals surface area contributed by atoms with E-state index in [0.717, 1.165) is 0 Å². The van der Waals surface area contributed by atoms with Gasteiger partial charge in [-0.15, -0.1) is 0 Å². The summed E-state index contributed by atoms with van der Waals surface area (Å²) in [6.45, 7) is 4.23. The zero-order chi connectivity index (χ0) is 6.15. The summed E-state index contributed by atoms with van der Waals surface area (Å²) in [6.07, 6.45) is 2.19. The quantitative estimate of drug-likeness (QED) is 0.497. The molecule has 0 aromatic rings. The molecule has 0 bridgehead atoms. The van der Waals surface area contributed by atoms with E-state index in [1.54, 1.807) is 0 Å². The van der Waals surface area contributed by atoms with Crippen molar-refractivity contribution in [1.29, 1.82) is 0 Å². The predicted molar refractivity (Wildman–Crippen MR) is 34.1 cm³/mol. The standard InChI is InChI=1S/C6H12N2/c1-5-4-6(2)8(3)7-5/h4-5,7H,1-3H3.